The molecule has 70 valence electrons. The Kier molecular flexibility index (Phi) is 2.09. The number of rotatable bonds is 1. The van der Waals surface area contributed by atoms with Gasteiger partial charge in [-0.25, -0.2) is 0 Å². The van der Waals surface area contributed by atoms with Crippen molar-refractivity contribution >= 4 is 28.5 Å². The highest BCUT2D eigenvalue weighted by Gasteiger charge is 2.06. The first-order chi connectivity index (χ1) is 6.70. The molecule has 0 aliphatic rings. The van der Waals surface area contributed by atoms with Crippen molar-refractivity contribution in [2.45, 2.75) is 0 Å². The number of halogens is 1. The fourth-order valence-corrected chi connectivity index (χ4v) is 1.54. The number of pyridine rings is 1. The van der Waals surface area contributed by atoms with Crippen LogP contribution in [0.5, 0.6) is 0 Å². The summed E-state index contributed by atoms with van der Waals surface area (Å²) in [6, 6.07) is 7.07. The molecule has 1 heterocycles. The van der Waals surface area contributed by atoms with Crippen LogP contribution >= 0.6 is 11.6 Å². The number of hydrogen-bond acceptors (Lipinski definition) is 3. The smallest absolute Gasteiger partial charge is 0.0746 e. The van der Waals surface area contributed by atoms with E-state index in [0.29, 0.717) is 10.9 Å². The molecule has 0 bridgehead atoms. The number of benzene rings is 1. The predicted molar refractivity (Wildman–Crippen MR) is 51.1 cm³/mol. The van der Waals surface area contributed by atoms with E-state index in [1.54, 1.807) is 18.2 Å². The molecule has 1 aromatic carbocycles. The number of carbonyl (C=O) groups excluding carboxylic acids is 1. The highest BCUT2D eigenvalue weighted by molar-refractivity contribution is 6.38. The van der Waals surface area contributed by atoms with E-state index in [1.165, 1.54) is 6.20 Å². The largest absolute Gasteiger partial charge is 0.545 e. The maximum absolute atomic E-state index is 10.6. The van der Waals surface area contributed by atoms with Crippen molar-refractivity contribution < 1.29 is 9.90 Å². The zero-order valence-corrected chi connectivity index (χ0v) is 7.78. The summed E-state index contributed by atoms with van der Waals surface area (Å²) < 4.78 is 0. The minimum Gasteiger partial charge on any atom is -0.545 e. The third kappa shape index (κ3) is 1.32. The van der Waals surface area contributed by atoms with Gasteiger partial charge in [0.1, 0.15) is 0 Å². The second-order valence-corrected chi connectivity index (χ2v) is 3.17. The molecule has 4 heteroatoms. The number of carbonyl (C=O) groups is 1. The third-order valence-corrected chi connectivity index (χ3v) is 2.34. The van der Waals surface area contributed by atoms with E-state index >= 15 is 0 Å². The minimum absolute atomic E-state index is 0.0784. The maximum Gasteiger partial charge on any atom is 0.0746 e. The van der Waals surface area contributed by atoms with Gasteiger partial charge in [0.15, 0.2) is 0 Å². The first-order valence-electron chi connectivity index (χ1n) is 3.95. The molecule has 0 N–H and O–H groups in total. The SMILES string of the molecule is O=C([O-])c1cnc2ccccc2c1Cl. The summed E-state index contributed by atoms with van der Waals surface area (Å²) in [4.78, 5) is 14.6. The van der Waals surface area contributed by atoms with E-state index in [0.717, 1.165) is 0 Å². The fraction of sp³-hybridized carbons (Fsp3) is 0. The van der Waals surface area contributed by atoms with E-state index in [4.69, 9.17) is 11.6 Å². The van der Waals surface area contributed by atoms with Crippen LogP contribution in [0.1, 0.15) is 10.4 Å². The van der Waals surface area contributed by atoms with Crippen LogP contribution in [0.4, 0.5) is 0 Å². The highest BCUT2D eigenvalue weighted by atomic mass is 35.5. The maximum atomic E-state index is 10.6. The molecule has 2 rings (SSSR count). The van der Waals surface area contributed by atoms with Gasteiger partial charge < -0.3 is 9.90 Å². The standard InChI is InChI=1S/C10H6ClNO2/c11-9-6-3-1-2-4-8(6)12-5-7(9)10(13)14/h1-5H,(H,13,14)/p-1. The predicted octanol–water partition coefficient (Wildman–Crippen LogP) is 1.25. The Balaban J connectivity index is 2.81. The van der Waals surface area contributed by atoms with Gasteiger partial charge in [-0.2, -0.15) is 0 Å². The zero-order chi connectivity index (χ0) is 10.1. The second-order valence-electron chi connectivity index (χ2n) is 2.79. The van der Waals surface area contributed by atoms with Crippen LogP contribution in [-0.2, 0) is 0 Å². The number of para-hydroxylation sites is 1. The Morgan fingerprint density at radius 2 is 2.07 bits per heavy atom. The van der Waals surface area contributed by atoms with Gasteiger partial charge in [0.05, 0.1) is 16.5 Å². The molecule has 0 spiro atoms. The average Bonchev–Trinajstić information content (AvgIpc) is 2.18. The van der Waals surface area contributed by atoms with Gasteiger partial charge in [0, 0.05) is 17.1 Å². The van der Waals surface area contributed by atoms with Gasteiger partial charge >= 0.3 is 0 Å². The fourth-order valence-electron chi connectivity index (χ4n) is 1.25. The Labute approximate surface area is 85.0 Å². The lowest BCUT2D eigenvalue weighted by Crippen LogP contribution is -2.22. The van der Waals surface area contributed by atoms with Crippen molar-refractivity contribution in [1.29, 1.82) is 0 Å². The van der Waals surface area contributed by atoms with Gasteiger partial charge in [-0.3, -0.25) is 4.98 Å². The lowest BCUT2D eigenvalue weighted by Gasteiger charge is -2.06. The Morgan fingerprint density at radius 3 is 2.79 bits per heavy atom. The number of nitrogens with zero attached hydrogens (tertiary/aromatic N) is 1. The first-order valence-corrected chi connectivity index (χ1v) is 4.32. The Hall–Kier alpha value is -1.61. The number of carboxylic acid groups (broad SMARTS) is 1. The number of carboxylic acids is 1. The molecule has 3 nitrogen and oxygen atoms in total. The molecule has 0 amide bonds. The summed E-state index contributed by atoms with van der Waals surface area (Å²) in [5.74, 6) is -1.31. The van der Waals surface area contributed by atoms with Crippen molar-refractivity contribution in [1.82, 2.24) is 4.98 Å². The van der Waals surface area contributed by atoms with Crippen LogP contribution in [0.15, 0.2) is 30.5 Å². The van der Waals surface area contributed by atoms with Crippen LogP contribution in [0, 0.1) is 0 Å². The van der Waals surface area contributed by atoms with Crippen molar-refractivity contribution in [3.63, 3.8) is 0 Å². The molecule has 1 aromatic heterocycles. The number of aromatic nitrogens is 1. The Bertz CT molecular complexity index is 510. The number of aromatic carboxylic acids is 1. The van der Waals surface area contributed by atoms with Crippen molar-refractivity contribution in [2.24, 2.45) is 0 Å². The van der Waals surface area contributed by atoms with Gasteiger partial charge in [0.25, 0.3) is 0 Å². The molecule has 0 aliphatic carbocycles. The van der Waals surface area contributed by atoms with Gasteiger partial charge in [0.2, 0.25) is 0 Å². The molecular formula is C10H5ClNO2-. The molecule has 14 heavy (non-hydrogen) atoms. The Morgan fingerprint density at radius 1 is 1.36 bits per heavy atom. The summed E-state index contributed by atoms with van der Waals surface area (Å²) in [6.07, 6.45) is 1.21. The summed E-state index contributed by atoms with van der Waals surface area (Å²) in [7, 11) is 0. The van der Waals surface area contributed by atoms with Crippen LogP contribution in [-0.4, -0.2) is 11.0 Å². The molecule has 0 saturated heterocycles. The summed E-state index contributed by atoms with van der Waals surface area (Å²) in [5, 5.41) is 11.4. The van der Waals surface area contributed by atoms with E-state index in [2.05, 4.69) is 4.98 Å². The van der Waals surface area contributed by atoms with Gasteiger partial charge in [-0.05, 0) is 6.07 Å². The van der Waals surface area contributed by atoms with Crippen LogP contribution < -0.4 is 5.11 Å². The zero-order valence-electron chi connectivity index (χ0n) is 7.03. The summed E-state index contributed by atoms with van der Waals surface area (Å²) in [6.45, 7) is 0. The van der Waals surface area contributed by atoms with Gasteiger partial charge in [-0.15, -0.1) is 0 Å². The molecule has 0 radical (unpaired) electrons. The van der Waals surface area contributed by atoms with E-state index in [1.807, 2.05) is 6.07 Å². The van der Waals surface area contributed by atoms with Crippen molar-refractivity contribution in [3.05, 3.63) is 41.0 Å². The third-order valence-electron chi connectivity index (χ3n) is 1.93. The molecular weight excluding hydrogens is 202 g/mol. The second kappa shape index (κ2) is 3.27. The molecule has 0 aliphatic heterocycles. The van der Waals surface area contributed by atoms with Crippen molar-refractivity contribution in [3.8, 4) is 0 Å². The van der Waals surface area contributed by atoms with E-state index in [9.17, 15) is 9.90 Å². The summed E-state index contributed by atoms with van der Waals surface area (Å²) in [5.41, 5.74) is 0.591. The monoisotopic (exact) mass is 206 g/mol. The van der Waals surface area contributed by atoms with E-state index in [-0.39, 0.29) is 10.6 Å². The van der Waals surface area contributed by atoms with Gasteiger partial charge in [-0.1, -0.05) is 29.8 Å². The lowest BCUT2D eigenvalue weighted by molar-refractivity contribution is -0.255. The minimum atomic E-state index is -1.31. The highest BCUT2D eigenvalue weighted by Crippen LogP contribution is 2.24. The normalized spacial score (nSPS) is 10.4. The first kappa shape index (κ1) is 8.97. The van der Waals surface area contributed by atoms with Crippen LogP contribution in [0.25, 0.3) is 10.9 Å². The molecule has 0 saturated carbocycles. The molecule has 2 aromatic rings. The van der Waals surface area contributed by atoms with Crippen LogP contribution in [0.3, 0.4) is 0 Å². The lowest BCUT2D eigenvalue weighted by atomic mass is 10.1. The van der Waals surface area contributed by atoms with Crippen molar-refractivity contribution in [2.75, 3.05) is 0 Å². The average molecular weight is 207 g/mol. The molecule has 0 atom stereocenters. The quantitative estimate of drug-likeness (QED) is 0.706. The number of fused-ring (bicyclic) bond motifs is 1. The van der Waals surface area contributed by atoms with Crippen LogP contribution in [0.2, 0.25) is 5.02 Å². The topological polar surface area (TPSA) is 53.0 Å². The van der Waals surface area contributed by atoms with E-state index < -0.39 is 5.97 Å². The molecule has 0 unspecified atom stereocenters. The molecule has 0 fully saturated rings. The number of hydrogen-bond donors (Lipinski definition) is 0. The summed E-state index contributed by atoms with van der Waals surface area (Å²) >= 11 is 5.88.